The Bertz CT molecular complexity index is 1380. The van der Waals surface area contributed by atoms with Crippen molar-refractivity contribution < 1.29 is 13.2 Å². The van der Waals surface area contributed by atoms with Crippen molar-refractivity contribution in [1.29, 1.82) is 0 Å². The van der Waals surface area contributed by atoms with E-state index in [2.05, 4.69) is 39.7 Å². The van der Waals surface area contributed by atoms with Crippen LogP contribution >= 0.6 is 11.3 Å². The Morgan fingerprint density at radius 2 is 1.82 bits per heavy atom. The van der Waals surface area contributed by atoms with E-state index in [9.17, 15) is 8.42 Å². The van der Waals surface area contributed by atoms with Gasteiger partial charge in [0.2, 0.25) is 15.2 Å². The molecule has 0 amide bonds. The molecular weight excluding hydrogens is 551 g/mol. The fourth-order valence-corrected chi connectivity index (χ4v) is 7.61. The number of rotatable bonds is 10. The van der Waals surface area contributed by atoms with Gasteiger partial charge < -0.3 is 9.64 Å². The Hall–Kier alpha value is -2.19. The van der Waals surface area contributed by atoms with Gasteiger partial charge >= 0.3 is 0 Å². The Morgan fingerprint density at radius 1 is 1.08 bits per heavy atom. The predicted molar refractivity (Wildman–Crippen MR) is 160 cm³/mol. The molecule has 39 heavy (non-hydrogen) atoms. The van der Waals surface area contributed by atoms with Crippen LogP contribution in [0.2, 0.25) is 25.7 Å². The van der Waals surface area contributed by atoms with E-state index >= 15 is 0 Å². The fourth-order valence-electron chi connectivity index (χ4n) is 5.01. The van der Waals surface area contributed by atoms with Crippen molar-refractivity contribution in [2.24, 2.45) is 0 Å². The maximum Gasteiger partial charge on any atom is 0.215 e. The summed E-state index contributed by atoms with van der Waals surface area (Å²) in [7, 11) is -4.39. The molecule has 0 radical (unpaired) electrons. The number of pyridine rings is 2. The van der Waals surface area contributed by atoms with Crippen LogP contribution in [0.3, 0.4) is 0 Å². The second kappa shape index (κ2) is 11.7. The molecule has 10 nitrogen and oxygen atoms in total. The van der Waals surface area contributed by atoms with Crippen LogP contribution in [0.5, 0.6) is 0 Å². The molecule has 1 aliphatic carbocycles. The zero-order valence-corrected chi connectivity index (χ0v) is 26.0. The normalized spacial score (nSPS) is 17.8. The van der Waals surface area contributed by atoms with Crippen LogP contribution in [0.4, 0.5) is 16.6 Å². The lowest BCUT2D eigenvalue weighted by Gasteiger charge is -2.34. The molecule has 212 valence electrons. The van der Waals surface area contributed by atoms with Gasteiger partial charge in [0, 0.05) is 46.8 Å². The Kier molecular flexibility index (Phi) is 8.53. The molecule has 3 aromatic rings. The number of ether oxygens (including phenoxy) is 1. The van der Waals surface area contributed by atoms with Crippen molar-refractivity contribution in [1.82, 2.24) is 24.5 Å². The fraction of sp³-hybridized carbons (Fsp3) is 0.615. The minimum atomic E-state index is -3.18. The molecule has 1 saturated heterocycles. The highest BCUT2D eigenvalue weighted by molar-refractivity contribution is 7.88. The molecule has 0 bridgehead atoms. The molecule has 1 aliphatic heterocycles. The van der Waals surface area contributed by atoms with E-state index in [1.807, 2.05) is 29.3 Å². The van der Waals surface area contributed by atoms with Crippen molar-refractivity contribution in [3.05, 3.63) is 29.4 Å². The van der Waals surface area contributed by atoms with Crippen LogP contribution in [0.1, 0.15) is 36.6 Å². The molecule has 13 heteroatoms. The smallest absolute Gasteiger partial charge is 0.215 e. The standard InChI is InChI=1S/C26H39N7O3S2Si/c1-38(34,35)32-13-11-31(12-14-32)21-17-23-22(27-18-21)9-10-24(28-23)33(19-36-15-16-39(2,3)4)26-30-29-25(37-26)20-7-5-6-8-20/h9-10,17-18,20H,5-8,11-16,19H2,1-4H3. The lowest BCUT2D eigenvalue weighted by molar-refractivity contribution is 0.153. The van der Waals surface area contributed by atoms with Crippen LogP contribution in [0, 0.1) is 0 Å². The van der Waals surface area contributed by atoms with Gasteiger partial charge in [-0.3, -0.25) is 9.88 Å². The molecule has 2 fully saturated rings. The van der Waals surface area contributed by atoms with Gasteiger partial charge in [0.15, 0.2) is 0 Å². The van der Waals surface area contributed by atoms with Crippen LogP contribution in [-0.4, -0.2) is 86.7 Å². The molecule has 1 saturated carbocycles. The third-order valence-electron chi connectivity index (χ3n) is 7.44. The average molecular weight is 590 g/mol. The topological polar surface area (TPSA) is 105 Å². The first-order valence-corrected chi connectivity index (χ1v) is 20.1. The van der Waals surface area contributed by atoms with E-state index in [4.69, 9.17) is 9.72 Å². The Labute approximate surface area is 236 Å². The summed E-state index contributed by atoms with van der Waals surface area (Å²) in [5, 5.41) is 11.0. The largest absolute Gasteiger partial charge is 0.368 e. The summed E-state index contributed by atoms with van der Waals surface area (Å²) >= 11 is 1.64. The Balaban J connectivity index is 1.38. The molecule has 0 aromatic carbocycles. The third kappa shape index (κ3) is 7.12. The van der Waals surface area contributed by atoms with E-state index in [1.165, 1.54) is 36.2 Å². The number of aromatic nitrogens is 4. The van der Waals surface area contributed by atoms with Gasteiger partial charge in [0.1, 0.15) is 17.6 Å². The SMILES string of the molecule is C[Si](C)(C)CCOCN(c1ccc2ncc(N3CCN(S(C)(=O)=O)CC3)cc2n1)c1nnc(C2CCCC2)s1. The highest BCUT2D eigenvalue weighted by Gasteiger charge is 2.26. The van der Waals surface area contributed by atoms with Crippen LogP contribution in [0.25, 0.3) is 11.0 Å². The molecule has 3 aromatic heterocycles. The van der Waals surface area contributed by atoms with Gasteiger partial charge in [-0.15, -0.1) is 10.2 Å². The van der Waals surface area contributed by atoms with Gasteiger partial charge in [-0.1, -0.05) is 43.8 Å². The van der Waals surface area contributed by atoms with E-state index in [-0.39, 0.29) is 0 Å². The lowest BCUT2D eigenvalue weighted by atomic mass is 10.1. The van der Waals surface area contributed by atoms with E-state index in [0.717, 1.165) is 38.7 Å². The molecular formula is C26H39N7O3S2Si. The monoisotopic (exact) mass is 589 g/mol. The van der Waals surface area contributed by atoms with E-state index in [1.54, 1.807) is 11.3 Å². The molecule has 0 spiro atoms. The molecule has 2 aliphatic rings. The molecule has 0 atom stereocenters. The number of fused-ring (bicyclic) bond motifs is 1. The zero-order chi connectivity index (χ0) is 27.6. The van der Waals surface area contributed by atoms with Crippen molar-refractivity contribution in [2.75, 3.05) is 55.6 Å². The van der Waals surface area contributed by atoms with Crippen molar-refractivity contribution in [3.63, 3.8) is 0 Å². The second-order valence-corrected chi connectivity index (χ2v) is 20.3. The minimum Gasteiger partial charge on any atom is -0.368 e. The number of piperazine rings is 1. The number of hydrogen-bond acceptors (Lipinski definition) is 10. The summed E-state index contributed by atoms with van der Waals surface area (Å²) in [6.45, 7) is 10.3. The summed E-state index contributed by atoms with van der Waals surface area (Å²) in [6.07, 6.45) is 7.99. The average Bonchev–Trinajstić information content (AvgIpc) is 3.60. The van der Waals surface area contributed by atoms with Crippen LogP contribution < -0.4 is 9.80 Å². The first kappa shape index (κ1) is 28.3. The van der Waals surface area contributed by atoms with Gasteiger partial charge in [-0.05, 0) is 37.1 Å². The zero-order valence-electron chi connectivity index (χ0n) is 23.3. The van der Waals surface area contributed by atoms with Gasteiger partial charge in [0.05, 0.1) is 29.2 Å². The van der Waals surface area contributed by atoms with Crippen molar-refractivity contribution >= 4 is 57.1 Å². The first-order valence-electron chi connectivity index (χ1n) is 13.7. The number of nitrogens with zero attached hydrogens (tertiary/aromatic N) is 7. The minimum absolute atomic E-state index is 0.364. The maximum atomic E-state index is 11.9. The van der Waals surface area contributed by atoms with Gasteiger partial charge in [-0.25, -0.2) is 13.4 Å². The van der Waals surface area contributed by atoms with E-state index in [0.29, 0.717) is 45.4 Å². The van der Waals surface area contributed by atoms with Crippen LogP contribution in [-0.2, 0) is 14.8 Å². The summed E-state index contributed by atoms with van der Waals surface area (Å²) < 4.78 is 31.5. The lowest BCUT2D eigenvalue weighted by Crippen LogP contribution is -2.48. The Morgan fingerprint density at radius 3 is 2.51 bits per heavy atom. The van der Waals surface area contributed by atoms with Crippen molar-refractivity contribution in [3.8, 4) is 0 Å². The van der Waals surface area contributed by atoms with Crippen LogP contribution in [0.15, 0.2) is 24.4 Å². The summed E-state index contributed by atoms with van der Waals surface area (Å²) in [5.74, 6) is 1.26. The summed E-state index contributed by atoms with van der Waals surface area (Å²) in [4.78, 5) is 13.8. The highest BCUT2D eigenvalue weighted by Crippen LogP contribution is 2.38. The predicted octanol–water partition coefficient (Wildman–Crippen LogP) is 4.67. The second-order valence-electron chi connectivity index (χ2n) is 11.7. The molecule has 0 unspecified atom stereocenters. The van der Waals surface area contributed by atoms with Gasteiger partial charge in [0.25, 0.3) is 0 Å². The molecule has 5 rings (SSSR count). The quantitative estimate of drug-likeness (QED) is 0.189. The summed E-state index contributed by atoms with van der Waals surface area (Å²) in [5.41, 5.74) is 2.53. The van der Waals surface area contributed by atoms with Crippen molar-refractivity contribution in [2.45, 2.75) is 57.3 Å². The molecule has 4 heterocycles. The number of anilines is 3. The molecule has 0 N–H and O–H groups in total. The maximum absolute atomic E-state index is 11.9. The van der Waals surface area contributed by atoms with Gasteiger partial charge in [-0.2, -0.15) is 4.31 Å². The first-order chi connectivity index (χ1) is 18.6. The van der Waals surface area contributed by atoms with E-state index < -0.39 is 18.1 Å². The third-order valence-corrected chi connectivity index (χ3v) is 11.6. The number of sulfonamides is 1. The highest BCUT2D eigenvalue weighted by atomic mass is 32.2. The number of hydrogen-bond donors (Lipinski definition) is 0. The summed E-state index contributed by atoms with van der Waals surface area (Å²) in [6, 6.07) is 7.08.